The molecule has 0 aromatic heterocycles. The van der Waals surface area contributed by atoms with E-state index in [0.29, 0.717) is 22.5 Å². The molecule has 3 aromatic rings. The Morgan fingerprint density at radius 3 is 2.26 bits per heavy atom. The summed E-state index contributed by atoms with van der Waals surface area (Å²) in [6.07, 6.45) is 0.0764. The normalized spacial score (nSPS) is 11.0. The number of Topliss-reactive ketones (excluding diaryl/α,β-unsaturated/α-hetero) is 1. The van der Waals surface area contributed by atoms with Crippen LogP contribution in [0.3, 0.4) is 0 Å². The summed E-state index contributed by atoms with van der Waals surface area (Å²) in [7, 11) is -3.84. The highest BCUT2D eigenvalue weighted by Crippen LogP contribution is 2.23. The van der Waals surface area contributed by atoms with Gasteiger partial charge in [0.25, 0.3) is 10.0 Å². The lowest BCUT2D eigenvalue weighted by atomic mass is 10.1. The van der Waals surface area contributed by atoms with E-state index in [4.69, 9.17) is 0 Å². The van der Waals surface area contributed by atoms with E-state index in [1.165, 1.54) is 6.07 Å². The van der Waals surface area contributed by atoms with Gasteiger partial charge in [-0.1, -0.05) is 48.5 Å². The molecule has 160 valence electrons. The molecular weight excluding hydrogens is 412 g/mol. The van der Waals surface area contributed by atoms with Crippen LogP contribution in [0.1, 0.15) is 34.3 Å². The Morgan fingerprint density at radius 1 is 0.806 bits per heavy atom. The fraction of sp³-hybridized carbons (Fsp3) is 0.167. The summed E-state index contributed by atoms with van der Waals surface area (Å²) in [5.74, 6) is -0.478. The van der Waals surface area contributed by atoms with Crippen molar-refractivity contribution in [3.8, 4) is 0 Å². The lowest BCUT2D eigenvalue weighted by Gasteiger charge is -2.13. The van der Waals surface area contributed by atoms with Gasteiger partial charge in [-0.05, 0) is 49.2 Å². The summed E-state index contributed by atoms with van der Waals surface area (Å²) in [5.41, 5.74) is 2.86. The van der Waals surface area contributed by atoms with Gasteiger partial charge >= 0.3 is 0 Å². The van der Waals surface area contributed by atoms with Crippen molar-refractivity contribution in [1.29, 1.82) is 0 Å². The highest BCUT2D eigenvalue weighted by molar-refractivity contribution is 7.92. The average molecular weight is 437 g/mol. The van der Waals surface area contributed by atoms with Gasteiger partial charge in [0, 0.05) is 29.8 Å². The Hall–Kier alpha value is -3.45. The number of hydrogen-bond acceptors (Lipinski definition) is 4. The third-order valence-electron chi connectivity index (χ3n) is 4.71. The zero-order valence-corrected chi connectivity index (χ0v) is 18.2. The van der Waals surface area contributed by atoms with E-state index in [1.807, 2.05) is 19.1 Å². The number of carbonyl (C=O) groups excluding carboxylic acids is 2. The predicted octanol–water partition coefficient (Wildman–Crippen LogP) is 4.71. The van der Waals surface area contributed by atoms with E-state index < -0.39 is 10.0 Å². The molecular formula is C24H24N2O4S. The van der Waals surface area contributed by atoms with Crippen LogP contribution in [-0.2, 0) is 14.8 Å². The van der Waals surface area contributed by atoms with Gasteiger partial charge in [0.15, 0.2) is 5.78 Å². The quantitative estimate of drug-likeness (QED) is 0.501. The van der Waals surface area contributed by atoms with Crippen molar-refractivity contribution >= 4 is 33.1 Å². The highest BCUT2D eigenvalue weighted by Gasteiger charge is 2.18. The van der Waals surface area contributed by atoms with E-state index >= 15 is 0 Å². The maximum atomic E-state index is 12.9. The second-order valence-corrected chi connectivity index (χ2v) is 8.94. The van der Waals surface area contributed by atoms with Crippen molar-refractivity contribution in [1.82, 2.24) is 0 Å². The molecule has 0 atom stereocenters. The van der Waals surface area contributed by atoms with Crippen LogP contribution >= 0.6 is 0 Å². The molecule has 7 heteroatoms. The van der Waals surface area contributed by atoms with Gasteiger partial charge in [0.2, 0.25) is 5.91 Å². The number of hydrogen-bond donors (Lipinski definition) is 2. The first-order valence-corrected chi connectivity index (χ1v) is 11.3. The minimum atomic E-state index is -3.84. The van der Waals surface area contributed by atoms with Gasteiger partial charge in [-0.25, -0.2) is 8.42 Å². The number of anilines is 2. The molecule has 1 amide bonds. The molecule has 0 unspecified atom stereocenters. The van der Waals surface area contributed by atoms with Crippen molar-refractivity contribution < 1.29 is 18.0 Å². The fourth-order valence-electron chi connectivity index (χ4n) is 3.10. The van der Waals surface area contributed by atoms with Crippen LogP contribution in [0.4, 0.5) is 11.4 Å². The standard InChI is InChI=1S/C24H24N2O4S/c1-17-7-6-10-21(15-17)26-31(29,30)23-16-20(12-11-18(23)2)25-24(28)14-13-22(27)19-8-4-3-5-9-19/h3-12,15-16,26H,13-14H2,1-2H3,(H,25,28). The van der Waals surface area contributed by atoms with E-state index in [2.05, 4.69) is 10.0 Å². The van der Waals surface area contributed by atoms with Gasteiger partial charge in [-0.3, -0.25) is 14.3 Å². The van der Waals surface area contributed by atoms with E-state index in [1.54, 1.807) is 61.5 Å². The number of sulfonamides is 1. The summed E-state index contributed by atoms with van der Waals surface area (Å²) in [4.78, 5) is 24.5. The van der Waals surface area contributed by atoms with Crippen LogP contribution in [0.15, 0.2) is 77.7 Å². The van der Waals surface area contributed by atoms with Crippen molar-refractivity contribution in [3.63, 3.8) is 0 Å². The molecule has 31 heavy (non-hydrogen) atoms. The highest BCUT2D eigenvalue weighted by atomic mass is 32.2. The summed E-state index contributed by atoms with van der Waals surface area (Å²) in [6, 6.07) is 20.5. The van der Waals surface area contributed by atoms with Crippen molar-refractivity contribution in [2.75, 3.05) is 10.0 Å². The molecule has 0 spiro atoms. The monoisotopic (exact) mass is 436 g/mol. The van der Waals surface area contributed by atoms with Crippen LogP contribution in [0.2, 0.25) is 0 Å². The number of carbonyl (C=O) groups is 2. The van der Waals surface area contributed by atoms with Gasteiger partial charge in [-0.15, -0.1) is 0 Å². The number of benzene rings is 3. The number of rotatable bonds is 8. The molecule has 0 bridgehead atoms. The molecule has 0 fully saturated rings. The largest absolute Gasteiger partial charge is 0.326 e. The fourth-order valence-corrected chi connectivity index (χ4v) is 4.43. The molecule has 0 saturated heterocycles. The Kier molecular flexibility index (Phi) is 6.87. The van der Waals surface area contributed by atoms with E-state index in [9.17, 15) is 18.0 Å². The first-order valence-electron chi connectivity index (χ1n) is 9.83. The van der Waals surface area contributed by atoms with Gasteiger partial charge in [0.05, 0.1) is 4.90 Å². The Labute approximate surface area is 182 Å². The smallest absolute Gasteiger partial charge is 0.262 e. The van der Waals surface area contributed by atoms with Gasteiger partial charge in [0.1, 0.15) is 0 Å². The zero-order valence-electron chi connectivity index (χ0n) is 17.4. The lowest BCUT2D eigenvalue weighted by molar-refractivity contribution is -0.116. The maximum absolute atomic E-state index is 12.9. The molecule has 0 aliphatic carbocycles. The molecule has 0 aliphatic heterocycles. The molecule has 0 heterocycles. The first-order chi connectivity index (χ1) is 14.7. The number of ketones is 1. The zero-order chi connectivity index (χ0) is 22.4. The predicted molar refractivity (Wildman–Crippen MR) is 122 cm³/mol. The number of aryl methyl sites for hydroxylation is 2. The van der Waals surface area contributed by atoms with Crippen LogP contribution in [0, 0.1) is 13.8 Å². The van der Waals surface area contributed by atoms with Crippen LogP contribution in [0.25, 0.3) is 0 Å². The molecule has 3 aromatic carbocycles. The third kappa shape index (κ3) is 6.02. The molecule has 2 N–H and O–H groups in total. The average Bonchev–Trinajstić information content (AvgIpc) is 2.73. The van der Waals surface area contributed by atoms with Crippen LogP contribution in [0.5, 0.6) is 0 Å². The summed E-state index contributed by atoms with van der Waals surface area (Å²) in [6.45, 7) is 3.57. The Balaban J connectivity index is 1.68. The number of nitrogens with one attached hydrogen (secondary N) is 2. The third-order valence-corrected chi connectivity index (χ3v) is 6.23. The minimum absolute atomic E-state index is 0.00519. The first kappa shape index (κ1) is 22.2. The Morgan fingerprint density at radius 2 is 1.55 bits per heavy atom. The summed E-state index contributed by atoms with van der Waals surface area (Å²) < 4.78 is 28.3. The van der Waals surface area contributed by atoms with Gasteiger partial charge < -0.3 is 5.32 Å². The molecule has 0 radical (unpaired) electrons. The molecule has 6 nitrogen and oxygen atoms in total. The molecule has 0 saturated carbocycles. The Bertz CT molecular complexity index is 1210. The SMILES string of the molecule is Cc1cccc(NS(=O)(=O)c2cc(NC(=O)CCC(=O)c3ccccc3)ccc2C)c1. The van der Waals surface area contributed by atoms with Gasteiger partial charge in [-0.2, -0.15) is 0 Å². The summed E-state index contributed by atoms with van der Waals surface area (Å²) in [5, 5.41) is 2.68. The van der Waals surface area contributed by atoms with Crippen LogP contribution < -0.4 is 10.0 Å². The maximum Gasteiger partial charge on any atom is 0.262 e. The summed E-state index contributed by atoms with van der Waals surface area (Å²) >= 11 is 0. The molecule has 3 rings (SSSR count). The van der Waals surface area contributed by atoms with Crippen molar-refractivity contribution in [3.05, 3.63) is 89.5 Å². The lowest BCUT2D eigenvalue weighted by Crippen LogP contribution is -2.16. The topological polar surface area (TPSA) is 92.3 Å². The minimum Gasteiger partial charge on any atom is -0.326 e. The second kappa shape index (κ2) is 9.57. The second-order valence-electron chi connectivity index (χ2n) is 7.29. The van der Waals surface area contributed by atoms with E-state index in [0.717, 1.165) is 5.56 Å². The van der Waals surface area contributed by atoms with Crippen molar-refractivity contribution in [2.24, 2.45) is 0 Å². The number of amides is 1. The molecule has 0 aliphatic rings. The van der Waals surface area contributed by atoms with Crippen LogP contribution in [-0.4, -0.2) is 20.1 Å². The van der Waals surface area contributed by atoms with E-state index in [-0.39, 0.29) is 29.4 Å². The van der Waals surface area contributed by atoms with Crippen molar-refractivity contribution in [2.45, 2.75) is 31.6 Å².